The summed E-state index contributed by atoms with van der Waals surface area (Å²) in [5.41, 5.74) is 1.47. The van der Waals surface area contributed by atoms with Crippen molar-refractivity contribution in [2.24, 2.45) is 0 Å². The van der Waals surface area contributed by atoms with E-state index >= 15 is 0 Å². The van der Waals surface area contributed by atoms with Gasteiger partial charge in [0, 0.05) is 37.8 Å². The molecule has 0 aliphatic carbocycles. The van der Waals surface area contributed by atoms with Crippen LogP contribution in [0.3, 0.4) is 0 Å². The van der Waals surface area contributed by atoms with Gasteiger partial charge in [-0.15, -0.1) is 0 Å². The first-order chi connectivity index (χ1) is 16.3. The molecule has 0 spiro atoms. The number of benzene rings is 1. The number of pyridine rings is 1. The van der Waals surface area contributed by atoms with Crippen LogP contribution in [0.15, 0.2) is 33.7 Å². The number of carbonyl (C=O) groups excluding carboxylic acids is 2. The zero-order valence-corrected chi connectivity index (χ0v) is 19.2. The molecule has 1 aliphatic rings. The maximum atomic E-state index is 13.4. The van der Waals surface area contributed by atoms with Gasteiger partial charge in [0.25, 0.3) is 17.4 Å². The first kappa shape index (κ1) is 23.4. The van der Waals surface area contributed by atoms with E-state index in [0.717, 1.165) is 12.1 Å². The van der Waals surface area contributed by atoms with Crippen LogP contribution in [-0.2, 0) is 19.5 Å². The molecule has 3 heterocycles. The molecule has 0 saturated carbocycles. The Kier molecular flexibility index (Phi) is 6.64. The predicted octanol–water partition coefficient (Wildman–Crippen LogP) is 1.97. The number of hydrogen-bond donors (Lipinski definition) is 1. The second kappa shape index (κ2) is 9.64. The second-order valence-electron chi connectivity index (χ2n) is 7.67. The number of aryl methyl sites for hydroxylation is 1. The molecule has 1 N–H and O–H groups in total. The van der Waals surface area contributed by atoms with Gasteiger partial charge in [0.1, 0.15) is 28.5 Å². The van der Waals surface area contributed by atoms with Crippen LogP contribution < -0.4 is 15.6 Å². The summed E-state index contributed by atoms with van der Waals surface area (Å²) in [7, 11) is 1.37. The highest BCUT2D eigenvalue weighted by Crippen LogP contribution is 2.25. The summed E-state index contributed by atoms with van der Waals surface area (Å²) in [6.07, 6.45) is 0.213. The molecule has 1 aromatic carbocycles. The van der Waals surface area contributed by atoms with E-state index in [4.69, 9.17) is 16.3 Å². The molecule has 2 amide bonds. The Hall–Kier alpha value is -3.73. The molecule has 0 saturated heterocycles. The van der Waals surface area contributed by atoms with Gasteiger partial charge in [0.05, 0.1) is 24.2 Å². The first-order valence-corrected chi connectivity index (χ1v) is 10.8. The van der Waals surface area contributed by atoms with E-state index in [-0.39, 0.29) is 60.1 Å². The maximum Gasteiger partial charge on any atom is 0.257 e. The van der Waals surface area contributed by atoms with Crippen LogP contribution in [-0.4, -0.2) is 51.8 Å². The largest absolute Gasteiger partial charge is 0.496 e. The summed E-state index contributed by atoms with van der Waals surface area (Å²) >= 11 is 6.06. The summed E-state index contributed by atoms with van der Waals surface area (Å²) < 4.78 is 24.8. The van der Waals surface area contributed by atoms with E-state index in [1.165, 1.54) is 28.7 Å². The summed E-state index contributed by atoms with van der Waals surface area (Å²) in [6, 6.07) is 4.81. The summed E-state index contributed by atoms with van der Waals surface area (Å²) in [6.45, 7) is 2.35. The number of fused-ring (bicyclic) bond motifs is 1. The third-order valence-corrected chi connectivity index (χ3v) is 5.96. The average Bonchev–Trinajstić information content (AvgIpc) is 3.08. The van der Waals surface area contributed by atoms with Gasteiger partial charge in [-0.05, 0) is 25.1 Å². The normalized spacial score (nSPS) is 13.2. The van der Waals surface area contributed by atoms with Crippen molar-refractivity contribution in [3.05, 3.63) is 73.7 Å². The van der Waals surface area contributed by atoms with E-state index in [0.29, 0.717) is 17.1 Å². The standard InChI is InChI=1S/C22H21ClFN5O5/c1-12-16(27-34-26-12)11-25-21(31)20-17-5-6-28(7-8-29(17)19(30)10-18(20)33-2)22(32)14-4-3-13(24)9-15(14)23/h3-4,9-10H,5-8,11H2,1-2H3,(H,25,31). The van der Waals surface area contributed by atoms with Crippen LogP contribution in [0.1, 0.15) is 37.8 Å². The van der Waals surface area contributed by atoms with Gasteiger partial charge in [0.15, 0.2) is 0 Å². The number of rotatable bonds is 5. The fraction of sp³-hybridized carbons (Fsp3) is 0.318. The number of nitrogens with one attached hydrogen (secondary N) is 1. The minimum Gasteiger partial charge on any atom is -0.496 e. The molecule has 178 valence electrons. The van der Waals surface area contributed by atoms with Crippen molar-refractivity contribution in [2.45, 2.75) is 26.4 Å². The van der Waals surface area contributed by atoms with Crippen LogP contribution in [0.25, 0.3) is 0 Å². The fourth-order valence-corrected chi connectivity index (χ4v) is 4.10. The Morgan fingerprint density at radius 2 is 2.03 bits per heavy atom. The molecule has 0 atom stereocenters. The van der Waals surface area contributed by atoms with Crippen LogP contribution in [0.5, 0.6) is 5.75 Å². The smallest absolute Gasteiger partial charge is 0.257 e. The van der Waals surface area contributed by atoms with Gasteiger partial charge in [-0.25, -0.2) is 9.02 Å². The van der Waals surface area contributed by atoms with Crippen LogP contribution >= 0.6 is 11.6 Å². The SMILES string of the molecule is COc1cc(=O)n2c(c1C(=O)NCc1nonc1C)CCN(C(=O)c1ccc(F)cc1Cl)CC2. The Labute approximate surface area is 198 Å². The quantitative estimate of drug-likeness (QED) is 0.581. The third kappa shape index (κ3) is 4.51. The van der Waals surface area contributed by atoms with E-state index < -0.39 is 17.6 Å². The summed E-state index contributed by atoms with van der Waals surface area (Å²) in [5.74, 6) is -1.27. The molecule has 34 heavy (non-hydrogen) atoms. The molecule has 0 fully saturated rings. The van der Waals surface area contributed by atoms with Crippen molar-refractivity contribution in [3.8, 4) is 5.75 Å². The molecule has 10 nitrogen and oxygen atoms in total. The molecular formula is C22H21ClFN5O5. The predicted molar refractivity (Wildman–Crippen MR) is 118 cm³/mol. The second-order valence-corrected chi connectivity index (χ2v) is 8.08. The lowest BCUT2D eigenvalue weighted by molar-refractivity contribution is 0.0759. The average molecular weight is 490 g/mol. The van der Waals surface area contributed by atoms with Gasteiger partial charge in [-0.2, -0.15) is 0 Å². The van der Waals surface area contributed by atoms with Gasteiger partial charge >= 0.3 is 0 Å². The number of nitrogens with zero attached hydrogens (tertiary/aromatic N) is 4. The van der Waals surface area contributed by atoms with Gasteiger partial charge in [-0.1, -0.05) is 21.9 Å². The van der Waals surface area contributed by atoms with Crippen LogP contribution in [0, 0.1) is 12.7 Å². The lowest BCUT2D eigenvalue weighted by Crippen LogP contribution is -2.34. The Morgan fingerprint density at radius 1 is 1.24 bits per heavy atom. The Balaban J connectivity index is 1.62. The number of methoxy groups -OCH3 is 1. The minimum absolute atomic E-state index is 0.00306. The number of amides is 2. The zero-order valence-electron chi connectivity index (χ0n) is 18.4. The fourth-order valence-electron chi connectivity index (χ4n) is 3.85. The number of ether oxygens (including phenoxy) is 1. The van der Waals surface area contributed by atoms with Crippen molar-refractivity contribution in [3.63, 3.8) is 0 Å². The highest BCUT2D eigenvalue weighted by molar-refractivity contribution is 6.33. The molecule has 3 aromatic rings. The summed E-state index contributed by atoms with van der Waals surface area (Å²) in [5, 5.41) is 10.2. The minimum atomic E-state index is -0.546. The van der Waals surface area contributed by atoms with Crippen molar-refractivity contribution in [1.29, 1.82) is 0 Å². The lowest BCUT2D eigenvalue weighted by atomic mass is 10.1. The van der Waals surface area contributed by atoms with Crippen molar-refractivity contribution in [1.82, 2.24) is 25.1 Å². The van der Waals surface area contributed by atoms with Gasteiger partial charge in [0.2, 0.25) is 0 Å². The van der Waals surface area contributed by atoms with Gasteiger partial charge < -0.3 is 19.5 Å². The number of halogens is 2. The first-order valence-electron chi connectivity index (χ1n) is 10.4. The molecule has 1 aliphatic heterocycles. The maximum absolute atomic E-state index is 13.4. The van der Waals surface area contributed by atoms with Gasteiger partial charge in [-0.3, -0.25) is 14.4 Å². The highest BCUT2D eigenvalue weighted by Gasteiger charge is 2.28. The molecule has 0 unspecified atom stereocenters. The lowest BCUT2D eigenvalue weighted by Gasteiger charge is -2.20. The molecule has 0 radical (unpaired) electrons. The highest BCUT2D eigenvalue weighted by atomic mass is 35.5. The number of carbonyl (C=O) groups is 2. The molecule has 0 bridgehead atoms. The number of aromatic nitrogens is 3. The molecule has 2 aromatic heterocycles. The van der Waals surface area contributed by atoms with Crippen molar-refractivity contribution < 1.29 is 23.3 Å². The topological polar surface area (TPSA) is 120 Å². The monoisotopic (exact) mass is 489 g/mol. The van der Waals surface area contributed by atoms with E-state index in [1.54, 1.807) is 6.92 Å². The van der Waals surface area contributed by atoms with E-state index in [2.05, 4.69) is 20.3 Å². The number of hydrogen-bond acceptors (Lipinski definition) is 7. The Morgan fingerprint density at radius 3 is 2.71 bits per heavy atom. The van der Waals surface area contributed by atoms with Crippen molar-refractivity contribution >= 4 is 23.4 Å². The molecule has 12 heteroatoms. The van der Waals surface area contributed by atoms with Crippen LogP contribution in [0.2, 0.25) is 5.02 Å². The van der Waals surface area contributed by atoms with Crippen LogP contribution in [0.4, 0.5) is 4.39 Å². The van der Waals surface area contributed by atoms with E-state index in [1.807, 2.05) is 0 Å². The third-order valence-electron chi connectivity index (χ3n) is 5.65. The zero-order chi connectivity index (χ0) is 24.4. The summed E-state index contributed by atoms with van der Waals surface area (Å²) in [4.78, 5) is 40.4. The van der Waals surface area contributed by atoms with Crippen molar-refractivity contribution in [2.75, 3.05) is 20.2 Å². The Bertz CT molecular complexity index is 1320. The van der Waals surface area contributed by atoms with E-state index in [9.17, 15) is 18.8 Å². The molecule has 4 rings (SSSR count). The molecular weight excluding hydrogens is 469 g/mol.